The predicted molar refractivity (Wildman–Crippen MR) is 60.0 cm³/mol. The molecule has 0 aromatic heterocycles. The van der Waals surface area contributed by atoms with Gasteiger partial charge in [-0.1, -0.05) is 11.6 Å². The van der Waals surface area contributed by atoms with Gasteiger partial charge in [0.15, 0.2) is 0 Å². The van der Waals surface area contributed by atoms with Crippen molar-refractivity contribution in [1.82, 2.24) is 0 Å². The van der Waals surface area contributed by atoms with Gasteiger partial charge in [-0.25, -0.2) is 0 Å². The number of hydrogen-bond donors (Lipinski definition) is 2. The highest BCUT2D eigenvalue weighted by Gasteiger charge is 2.05. The monoisotopic (exact) mass is 277 g/mol. The molecule has 0 amide bonds. The Morgan fingerprint density at radius 3 is 2.86 bits per heavy atom. The maximum absolute atomic E-state index is 10.3. The molecule has 0 aliphatic carbocycles. The Labute approximate surface area is 95.2 Å². The van der Waals surface area contributed by atoms with Crippen LogP contribution in [-0.4, -0.2) is 17.6 Å². The maximum Gasteiger partial charge on any atom is 0.322 e. The Hall–Kier alpha value is -0.740. The zero-order valence-corrected chi connectivity index (χ0v) is 9.82. The summed E-state index contributed by atoms with van der Waals surface area (Å²) in [5, 5.41) is 11.8. The third-order valence-corrected chi connectivity index (χ3v) is 2.74. The first-order chi connectivity index (χ1) is 6.50. The molecule has 0 heterocycles. The molecule has 0 bridgehead atoms. The van der Waals surface area contributed by atoms with E-state index < -0.39 is 5.97 Å². The molecule has 1 aromatic rings. The maximum atomic E-state index is 10.3. The van der Waals surface area contributed by atoms with Crippen LogP contribution >= 0.6 is 27.5 Å². The van der Waals surface area contributed by atoms with E-state index in [0.717, 1.165) is 10.0 Å². The number of anilines is 1. The first-order valence-electron chi connectivity index (χ1n) is 3.92. The van der Waals surface area contributed by atoms with Gasteiger partial charge < -0.3 is 10.4 Å². The molecule has 1 aromatic carbocycles. The van der Waals surface area contributed by atoms with Gasteiger partial charge >= 0.3 is 5.97 Å². The average Bonchev–Trinajstić information content (AvgIpc) is 2.09. The summed E-state index contributed by atoms with van der Waals surface area (Å²) in [5.41, 5.74) is 1.63. The number of carbonyl (C=O) groups is 1. The zero-order chi connectivity index (χ0) is 10.7. The van der Waals surface area contributed by atoms with E-state index >= 15 is 0 Å². The van der Waals surface area contributed by atoms with E-state index in [1.807, 2.05) is 13.0 Å². The fraction of sp³-hybridized carbons (Fsp3) is 0.222. The highest BCUT2D eigenvalue weighted by molar-refractivity contribution is 9.10. The van der Waals surface area contributed by atoms with Gasteiger partial charge in [0.05, 0.1) is 5.69 Å². The van der Waals surface area contributed by atoms with E-state index in [-0.39, 0.29) is 6.54 Å². The molecule has 76 valence electrons. The number of carboxylic acid groups (broad SMARTS) is 1. The lowest BCUT2D eigenvalue weighted by atomic mass is 10.2. The van der Waals surface area contributed by atoms with Crippen LogP contribution in [-0.2, 0) is 4.79 Å². The molecule has 14 heavy (non-hydrogen) atoms. The summed E-state index contributed by atoms with van der Waals surface area (Å²) in [6.45, 7) is 1.76. The van der Waals surface area contributed by atoms with E-state index in [9.17, 15) is 4.79 Å². The molecule has 0 aliphatic heterocycles. The molecule has 0 radical (unpaired) electrons. The van der Waals surface area contributed by atoms with Crippen molar-refractivity contribution in [3.63, 3.8) is 0 Å². The largest absolute Gasteiger partial charge is 0.480 e. The predicted octanol–water partition coefficient (Wildman–Crippen LogP) is 2.91. The quantitative estimate of drug-likeness (QED) is 0.894. The van der Waals surface area contributed by atoms with Gasteiger partial charge in [0.2, 0.25) is 0 Å². The third-order valence-electron chi connectivity index (χ3n) is 1.68. The fourth-order valence-corrected chi connectivity index (χ4v) is 1.71. The topological polar surface area (TPSA) is 49.3 Å². The van der Waals surface area contributed by atoms with Gasteiger partial charge in [-0.2, -0.15) is 0 Å². The number of aryl methyl sites for hydroxylation is 1. The van der Waals surface area contributed by atoms with Crippen molar-refractivity contribution in [2.75, 3.05) is 11.9 Å². The number of rotatable bonds is 3. The minimum atomic E-state index is -0.909. The molecule has 0 saturated carbocycles. The minimum Gasteiger partial charge on any atom is -0.480 e. The molecule has 5 heteroatoms. The standard InChI is InChI=1S/C9H9BrClNO2/c1-5-2-6(10)8(3-7(5)11)12-4-9(13)14/h2-3,12H,4H2,1H3,(H,13,14). The van der Waals surface area contributed by atoms with E-state index in [0.29, 0.717) is 10.7 Å². The van der Waals surface area contributed by atoms with Gasteiger partial charge in [-0.3, -0.25) is 4.79 Å². The molecule has 0 aliphatic rings. The van der Waals surface area contributed by atoms with Crippen molar-refractivity contribution in [1.29, 1.82) is 0 Å². The summed E-state index contributed by atoms with van der Waals surface area (Å²) in [6.07, 6.45) is 0. The van der Waals surface area contributed by atoms with E-state index in [1.54, 1.807) is 6.07 Å². The Balaban J connectivity index is 2.87. The summed E-state index contributed by atoms with van der Waals surface area (Å²) in [4.78, 5) is 10.3. The molecular weight excluding hydrogens is 269 g/mol. The lowest BCUT2D eigenvalue weighted by Crippen LogP contribution is -2.12. The third kappa shape index (κ3) is 2.89. The van der Waals surface area contributed by atoms with Crippen LogP contribution in [0.5, 0.6) is 0 Å². The second-order valence-corrected chi connectivity index (χ2v) is 4.09. The molecular formula is C9H9BrClNO2. The van der Waals surface area contributed by atoms with Gasteiger partial charge in [0.1, 0.15) is 6.54 Å². The first-order valence-corrected chi connectivity index (χ1v) is 5.09. The van der Waals surface area contributed by atoms with Gasteiger partial charge in [-0.15, -0.1) is 0 Å². The summed E-state index contributed by atoms with van der Waals surface area (Å²) in [5.74, 6) is -0.909. The molecule has 0 fully saturated rings. The van der Waals surface area contributed by atoms with Crippen molar-refractivity contribution in [3.05, 3.63) is 27.2 Å². The van der Waals surface area contributed by atoms with Crippen LogP contribution in [0.4, 0.5) is 5.69 Å². The van der Waals surface area contributed by atoms with Gasteiger partial charge in [0, 0.05) is 9.50 Å². The number of carboxylic acids is 1. The lowest BCUT2D eigenvalue weighted by molar-refractivity contribution is -0.134. The summed E-state index contributed by atoms with van der Waals surface area (Å²) >= 11 is 9.21. The number of halogens is 2. The smallest absolute Gasteiger partial charge is 0.322 e. The van der Waals surface area contributed by atoms with E-state index in [4.69, 9.17) is 16.7 Å². The Morgan fingerprint density at radius 1 is 1.64 bits per heavy atom. The van der Waals surface area contributed by atoms with Crippen LogP contribution in [0, 0.1) is 6.92 Å². The van der Waals surface area contributed by atoms with Crippen LogP contribution in [0.3, 0.4) is 0 Å². The van der Waals surface area contributed by atoms with E-state index in [2.05, 4.69) is 21.2 Å². The molecule has 0 spiro atoms. The molecule has 2 N–H and O–H groups in total. The second kappa shape index (κ2) is 4.66. The molecule has 0 unspecified atom stereocenters. The summed E-state index contributed by atoms with van der Waals surface area (Å²) < 4.78 is 0.806. The van der Waals surface area contributed by atoms with Crippen LogP contribution in [0.15, 0.2) is 16.6 Å². The number of aliphatic carboxylic acids is 1. The van der Waals surface area contributed by atoms with Crippen molar-refractivity contribution < 1.29 is 9.90 Å². The van der Waals surface area contributed by atoms with Gasteiger partial charge in [0.25, 0.3) is 0 Å². The van der Waals surface area contributed by atoms with Crippen molar-refractivity contribution in [3.8, 4) is 0 Å². The van der Waals surface area contributed by atoms with Gasteiger partial charge in [-0.05, 0) is 40.5 Å². The highest BCUT2D eigenvalue weighted by atomic mass is 79.9. The van der Waals surface area contributed by atoms with Crippen LogP contribution in [0.2, 0.25) is 5.02 Å². The number of hydrogen-bond acceptors (Lipinski definition) is 2. The Morgan fingerprint density at radius 2 is 2.29 bits per heavy atom. The number of nitrogens with one attached hydrogen (secondary N) is 1. The number of benzene rings is 1. The molecule has 3 nitrogen and oxygen atoms in total. The fourth-order valence-electron chi connectivity index (χ4n) is 0.953. The van der Waals surface area contributed by atoms with Crippen molar-refractivity contribution >= 4 is 39.2 Å². The van der Waals surface area contributed by atoms with E-state index in [1.165, 1.54) is 0 Å². The Kier molecular flexibility index (Phi) is 3.77. The Bertz CT molecular complexity index is 368. The zero-order valence-electron chi connectivity index (χ0n) is 7.47. The first kappa shape index (κ1) is 11.3. The van der Waals surface area contributed by atoms with Crippen molar-refractivity contribution in [2.24, 2.45) is 0 Å². The molecule has 0 saturated heterocycles. The molecule has 0 atom stereocenters. The molecule has 1 rings (SSSR count). The normalized spacial score (nSPS) is 9.93. The van der Waals surface area contributed by atoms with Crippen LogP contribution < -0.4 is 5.32 Å². The van der Waals surface area contributed by atoms with Crippen LogP contribution in [0.25, 0.3) is 0 Å². The minimum absolute atomic E-state index is 0.127. The summed E-state index contributed by atoms with van der Waals surface area (Å²) in [7, 11) is 0. The van der Waals surface area contributed by atoms with Crippen molar-refractivity contribution in [2.45, 2.75) is 6.92 Å². The second-order valence-electron chi connectivity index (χ2n) is 2.83. The van der Waals surface area contributed by atoms with Crippen LogP contribution in [0.1, 0.15) is 5.56 Å². The SMILES string of the molecule is Cc1cc(Br)c(NCC(=O)O)cc1Cl. The average molecular weight is 279 g/mol. The highest BCUT2D eigenvalue weighted by Crippen LogP contribution is 2.28. The summed E-state index contributed by atoms with van der Waals surface area (Å²) in [6, 6.07) is 3.54. The lowest BCUT2D eigenvalue weighted by Gasteiger charge is -2.08.